The molecule has 4 nitrogen and oxygen atoms in total. The number of phenols is 2. The first-order valence-corrected chi connectivity index (χ1v) is 7.87. The molecule has 0 radical (unpaired) electrons. The van der Waals surface area contributed by atoms with E-state index in [9.17, 15) is 23.4 Å². The van der Waals surface area contributed by atoms with E-state index in [1.54, 1.807) is 6.07 Å². The topological polar surface area (TPSA) is 65.4 Å². The maximum Gasteiger partial charge on any atom is 0.416 e. The summed E-state index contributed by atoms with van der Waals surface area (Å²) in [6, 6.07) is 8.05. The molecule has 0 atom stereocenters. The molecule has 1 heterocycles. The van der Waals surface area contributed by atoms with Crippen LogP contribution in [0.15, 0.2) is 36.4 Å². The van der Waals surface area contributed by atoms with Crippen molar-refractivity contribution in [1.29, 1.82) is 0 Å². The minimum Gasteiger partial charge on any atom is -0.504 e. The number of rotatable bonds is 4. The maximum atomic E-state index is 12.7. The number of aromatic hydroxyl groups is 2. The van der Waals surface area contributed by atoms with E-state index in [-0.39, 0.29) is 11.5 Å². The molecule has 2 aromatic carbocycles. The average molecular weight is 354 g/mol. The molecule has 24 heavy (non-hydrogen) atoms. The Balaban J connectivity index is 1.68. The number of hydrogen-bond acceptors (Lipinski definition) is 5. The van der Waals surface area contributed by atoms with E-state index in [0.29, 0.717) is 28.3 Å². The van der Waals surface area contributed by atoms with Crippen LogP contribution < -0.4 is 5.32 Å². The summed E-state index contributed by atoms with van der Waals surface area (Å²) in [4.78, 5) is 4.17. The van der Waals surface area contributed by atoms with Gasteiger partial charge >= 0.3 is 6.18 Å². The highest BCUT2D eigenvalue weighted by atomic mass is 32.1. The third-order valence-electron chi connectivity index (χ3n) is 3.44. The van der Waals surface area contributed by atoms with Gasteiger partial charge in [0.2, 0.25) is 0 Å². The average Bonchev–Trinajstić information content (AvgIpc) is 2.91. The molecule has 0 saturated heterocycles. The molecule has 3 N–H and O–H groups in total. The molecular weight excluding hydrogens is 341 g/mol. The summed E-state index contributed by atoms with van der Waals surface area (Å²) in [5.41, 5.74) is 0.407. The lowest BCUT2D eigenvalue weighted by atomic mass is 10.1. The zero-order valence-electron chi connectivity index (χ0n) is 12.3. The highest BCUT2D eigenvalue weighted by Crippen LogP contribution is 2.34. The molecule has 0 spiro atoms. The lowest BCUT2D eigenvalue weighted by molar-refractivity contribution is -0.137. The summed E-state index contributed by atoms with van der Waals surface area (Å²) < 4.78 is 38.8. The SMILES string of the molecule is Oc1ccc(CCNc2nc3cc(C(F)(F)F)ccc3s2)cc1O. The first-order chi connectivity index (χ1) is 11.3. The van der Waals surface area contributed by atoms with Crippen molar-refractivity contribution in [2.45, 2.75) is 12.6 Å². The normalized spacial score (nSPS) is 11.8. The van der Waals surface area contributed by atoms with E-state index < -0.39 is 11.7 Å². The van der Waals surface area contributed by atoms with Gasteiger partial charge in [0.05, 0.1) is 15.8 Å². The van der Waals surface area contributed by atoms with Gasteiger partial charge < -0.3 is 15.5 Å². The monoisotopic (exact) mass is 354 g/mol. The second-order valence-electron chi connectivity index (χ2n) is 5.20. The fraction of sp³-hybridized carbons (Fsp3) is 0.188. The molecule has 126 valence electrons. The van der Waals surface area contributed by atoms with Crippen molar-refractivity contribution < 1.29 is 23.4 Å². The Morgan fingerprint density at radius 3 is 2.54 bits per heavy atom. The number of halogens is 3. The van der Waals surface area contributed by atoms with Crippen LogP contribution in [0.1, 0.15) is 11.1 Å². The van der Waals surface area contributed by atoms with Gasteiger partial charge in [-0.25, -0.2) is 4.98 Å². The largest absolute Gasteiger partial charge is 0.504 e. The van der Waals surface area contributed by atoms with Crippen LogP contribution in [0.2, 0.25) is 0 Å². The standard InChI is InChI=1S/C16H13F3N2O2S/c17-16(18,19)10-2-4-14-11(8-10)21-15(24-14)20-6-5-9-1-3-12(22)13(23)7-9/h1-4,7-8,22-23H,5-6H2,(H,20,21). The van der Waals surface area contributed by atoms with Gasteiger partial charge in [0.1, 0.15) is 0 Å². The van der Waals surface area contributed by atoms with E-state index in [0.717, 1.165) is 17.7 Å². The number of benzene rings is 2. The molecule has 0 fully saturated rings. The lowest BCUT2D eigenvalue weighted by Crippen LogP contribution is -2.04. The molecule has 0 saturated carbocycles. The number of alkyl halides is 3. The van der Waals surface area contributed by atoms with Gasteiger partial charge in [-0.05, 0) is 42.3 Å². The Bertz CT molecular complexity index is 877. The molecule has 3 aromatic rings. The van der Waals surface area contributed by atoms with Crippen LogP contribution in [0.3, 0.4) is 0 Å². The van der Waals surface area contributed by atoms with Crippen LogP contribution in [0, 0.1) is 0 Å². The summed E-state index contributed by atoms with van der Waals surface area (Å²) in [5, 5.41) is 22.3. The third-order valence-corrected chi connectivity index (χ3v) is 4.44. The van der Waals surface area contributed by atoms with Crippen molar-refractivity contribution in [3.05, 3.63) is 47.5 Å². The predicted molar refractivity (Wildman–Crippen MR) is 86.6 cm³/mol. The molecule has 3 rings (SSSR count). The number of nitrogens with one attached hydrogen (secondary N) is 1. The van der Waals surface area contributed by atoms with Gasteiger partial charge in [0, 0.05) is 6.54 Å². The number of thiazole rings is 1. The smallest absolute Gasteiger partial charge is 0.416 e. The molecule has 0 unspecified atom stereocenters. The maximum absolute atomic E-state index is 12.7. The molecular formula is C16H13F3N2O2S. The van der Waals surface area contributed by atoms with E-state index in [1.807, 2.05) is 0 Å². The summed E-state index contributed by atoms with van der Waals surface area (Å²) in [5.74, 6) is -0.370. The van der Waals surface area contributed by atoms with E-state index in [1.165, 1.54) is 29.5 Å². The number of phenolic OH excluding ortho intramolecular Hbond substituents is 2. The van der Waals surface area contributed by atoms with Gasteiger partial charge in [0.25, 0.3) is 0 Å². The van der Waals surface area contributed by atoms with Crippen LogP contribution >= 0.6 is 11.3 Å². The Kier molecular flexibility index (Phi) is 4.23. The highest BCUT2D eigenvalue weighted by molar-refractivity contribution is 7.22. The number of hydrogen-bond donors (Lipinski definition) is 3. The molecule has 1 aromatic heterocycles. The van der Waals surface area contributed by atoms with Gasteiger partial charge in [-0.15, -0.1) is 0 Å². The molecule has 0 bridgehead atoms. The second kappa shape index (κ2) is 6.20. The first kappa shape index (κ1) is 16.4. The Morgan fingerprint density at radius 2 is 1.83 bits per heavy atom. The molecule has 0 aliphatic rings. The van der Waals surface area contributed by atoms with E-state index in [2.05, 4.69) is 10.3 Å². The Hall–Kier alpha value is -2.48. The number of fused-ring (bicyclic) bond motifs is 1. The summed E-state index contributed by atoms with van der Waals surface area (Å²) >= 11 is 1.28. The van der Waals surface area contributed by atoms with Crippen molar-refractivity contribution in [3.63, 3.8) is 0 Å². The Labute approximate surface area is 139 Å². The van der Waals surface area contributed by atoms with Crippen molar-refractivity contribution in [2.24, 2.45) is 0 Å². The van der Waals surface area contributed by atoms with Crippen LogP contribution in [0.5, 0.6) is 11.5 Å². The molecule has 0 amide bonds. The minimum atomic E-state index is -4.38. The fourth-order valence-electron chi connectivity index (χ4n) is 2.22. The van der Waals surface area contributed by atoms with Crippen molar-refractivity contribution in [3.8, 4) is 11.5 Å². The van der Waals surface area contributed by atoms with Crippen molar-refractivity contribution in [2.75, 3.05) is 11.9 Å². The first-order valence-electron chi connectivity index (χ1n) is 7.05. The van der Waals surface area contributed by atoms with E-state index >= 15 is 0 Å². The number of nitrogens with zero attached hydrogens (tertiary/aromatic N) is 1. The molecule has 0 aliphatic heterocycles. The zero-order chi connectivity index (χ0) is 17.3. The third kappa shape index (κ3) is 3.53. The van der Waals surface area contributed by atoms with E-state index in [4.69, 9.17) is 0 Å². The van der Waals surface area contributed by atoms with Gasteiger partial charge in [-0.2, -0.15) is 13.2 Å². The fourth-order valence-corrected chi connectivity index (χ4v) is 3.09. The Morgan fingerprint density at radius 1 is 1.04 bits per heavy atom. The predicted octanol–water partition coefficient (Wildman–Crippen LogP) is 4.38. The lowest BCUT2D eigenvalue weighted by Gasteiger charge is -2.05. The summed E-state index contributed by atoms with van der Waals surface area (Å²) in [6.07, 6.45) is -3.82. The van der Waals surface area contributed by atoms with Crippen LogP contribution in [-0.2, 0) is 12.6 Å². The number of aromatic nitrogens is 1. The minimum absolute atomic E-state index is 0.182. The quantitative estimate of drug-likeness (QED) is 0.608. The second-order valence-corrected chi connectivity index (χ2v) is 6.23. The highest BCUT2D eigenvalue weighted by Gasteiger charge is 2.30. The molecule has 0 aliphatic carbocycles. The summed E-state index contributed by atoms with van der Waals surface area (Å²) in [7, 11) is 0. The van der Waals surface area contributed by atoms with Crippen LogP contribution in [0.25, 0.3) is 10.2 Å². The van der Waals surface area contributed by atoms with Crippen LogP contribution in [0.4, 0.5) is 18.3 Å². The van der Waals surface area contributed by atoms with Gasteiger partial charge in [-0.1, -0.05) is 17.4 Å². The summed E-state index contributed by atoms with van der Waals surface area (Å²) in [6.45, 7) is 0.496. The van der Waals surface area contributed by atoms with Crippen molar-refractivity contribution in [1.82, 2.24) is 4.98 Å². The van der Waals surface area contributed by atoms with Gasteiger partial charge in [0.15, 0.2) is 16.6 Å². The molecule has 8 heteroatoms. The zero-order valence-corrected chi connectivity index (χ0v) is 13.1. The van der Waals surface area contributed by atoms with Crippen molar-refractivity contribution >= 4 is 26.7 Å². The number of anilines is 1. The van der Waals surface area contributed by atoms with Crippen LogP contribution in [-0.4, -0.2) is 21.7 Å². The van der Waals surface area contributed by atoms with Gasteiger partial charge in [-0.3, -0.25) is 0 Å².